The Hall–Kier alpha value is -0.510. The van der Waals surface area contributed by atoms with E-state index in [0.717, 1.165) is 23.0 Å². The zero-order chi connectivity index (χ0) is 15.1. The lowest BCUT2D eigenvalue weighted by atomic mass is 10.3. The van der Waals surface area contributed by atoms with Gasteiger partial charge in [0.2, 0.25) is 0 Å². The summed E-state index contributed by atoms with van der Waals surface area (Å²) in [6.07, 6.45) is 0. The smallest absolute Gasteiger partial charge is 0.271 e. The number of nitrogens with one attached hydrogen (secondary N) is 1. The van der Waals surface area contributed by atoms with Crippen molar-refractivity contribution in [1.82, 2.24) is 0 Å². The van der Waals surface area contributed by atoms with Crippen LogP contribution in [0.5, 0.6) is 0 Å². The Morgan fingerprint density at radius 1 is 1.20 bits per heavy atom. The Balaban J connectivity index is 2.43. The number of rotatable bonds is 3. The summed E-state index contributed by atoms with van der Waals surface area (Å²) in [6.45, 7) is 1.74. The summed E-state index contributed by atoms with van der Waals surface area (Å²) in [5, 5.41) is 0. The molecular weight excluding hydrogens is 440 g/mol. The van der Waals surface area contributed by atoms with Gasteiger partial charge in [-0.1, -0.05) is 0 Å². The van der Waals surface area contributed by atoms with Crippen LogP contribution in [-0.4, -0.2) is 8.42 Å². The highest BCUT2D eigenvalue weighted by Crippen LogP contribution is 2.34. The fourth-order valence-electron chi connectivity index (χ4n) is 1.39. The molecular formula is C11H7Br2F2NO2S2. The highest BCUT2D eigenvalue weighted by Gasteiger charge is 2.21. The van der Waals surface area contributed by atoms with E-state index in [4.69, 9.17) is 0 Å². The maximum absolute atomic E-state index is 13.6. The molecule has 1 aromatic carbocycles. The molecule has 20 heavy (non-hydrogen) atoms. The molecule has 1 N–H and O–H groups in total. The van der Waals surface area contributed by atoms with Gasteiger partial charge in [-0.2, -0.15) is 0 Å². The maximum atomic E-state index is 13.6. The summed E-state index contributed by atoms with van der Waals surface area (Å²) < 4.78 is 53.7. The van der Waals surface area contributed by atoms with Gasteiger partial charge < -0.3 is 0 Å². The molecule has 0 radical (unpaired) electrons. The van der Waals surface area contributed by atoms with E-state index in [1.807, 2.05) is 0 Å². The van der Waals surface area contributed by atoms with Crippen molar-refractivity contribution in [1.29, 1.82) is 0 Å². The highest BCUT2D eigenvalue weighted by atomic mass is 79.9. The van der Waals surface area contributed by atoms with Crippen molar-refractivity contribution in [3.8, 4) is 0 Å². The van der Waals surface area contributed by atoms with Crippen LogP contribution < -0.4 is 4.72 Å². The Bertz CT molecular complexity index is 732. The molecule has 2 aromatic rings. The molecule has 0 spiro atoms. The lowest BCUT2D eigenvalue weighted by Crippen LogP contribution is -2.13. The first-order valence-electron chi connectivity index (χ1n) is 5.14. The van der Waals surface area contributed by atoms with Crippen molar-refractivity contribution >= 4 is 58.9 Å². The zero-order valence-electron chi connectivity index (χ0n) is 9.88. The molecule has 2 rings (SSSR count). The Morgan fingerprint density at radius 3 is 2.35 bits per heavy atom. The van der Waals surface area contributed by atoms with Gasteiger partial charge in [0.05, 0.1) is 9.47 Å². The SMILES string of the molecule is Cc1cc(S(=O)(=O)Nc2c(F)cc(F)cc2Br)sc1Br. The third-order valence-corrected chi connectivity index (χ3v) is 6.93. The molecule has 0 fully saturated rings. The minimum atomic E-state index is -3.93. The number of hydrogen-bond acceptors (Lipinski definition) is 3. The average Bonchev–Trinajstić information content (AvgIpc) is 2.65. The predicted molar refractivity (Wildman–Crippen MR) is 81.6 cm³/mol. The third kappa shape index (κ3) is 3.21. The van der Waals surface area contributed by atoms with Gasteiger partial charge in [-0.15, -0.1) is 11.3 Å². The first-order chi connectivity index (χ1) is 9.20. The van der Waals surface area contributed by atoms with Gasteiger partial charge in [0.25, 0.3) is 10.0 Å². The maximum Gasteiger partial charge on any atom is 0.271 e. The van der Waals surface area contributed by atoms with E-state index >= 15 is 0 Å². The highest BCUT2D eigenvalue weighted by molar-refractivity contribution is 9.11. The summed E-state index contributed by atoms with van der Waals surface area (Å²) in [7, 11) is -3.93. The van der Waals surface area contributed by atoms with Crippen molar-refractivity contribution in [3.63, 3.8) is 0 Å². The average molecular weight is 447 g/mol. The van der Waals surface area contributed by atoms with Crippen molar-refractivity contribution in [3.05, 3.63) is 43.7 Å². The van der Waals surface area contributed by atoms with Crippen LogP contribution >= 0.6 is 43.2 Å². The van der Waals surface area contributed by atoms with Gasteiger partial charge in [0.1, 0.15) is 10.0 Å². The fraction of sp³-hybridized carbons (Fsp3) is 0.0909. The molecule has 0 aliphatic rings. The molecule has 1 heterocycles. The second kappa shape index (κ2) is 5.70. The molecule has 0 saturated carbocycles. The number of sulfonamides is 1. The Morgan fingerprint density at radius 2 is 1.85 bits per heavy atom. The van der Waals surface area contributed by atoms with Crippen LogP contribution in [0.15, 0.2) is 30.7 Å². The van der Waals surface area contributed by atoms with E-state index in [1.54, 1.807) is 6.92 Å². The fourth-order valence-corrected chi connectivity index (χ4v) is 5.34. The van der Waals surface area contributed by atoms with Crippen LogP contribution in [-0.2, 0) is 10.0 Å². The normalized spacial score (nSPS) is 11.7. The largest absolute Gasteiger partial charge is 0.275 e. The van der Waals surface area contributed by atoms with Crippen LogP contribution in [0.3, 0.4) is 0 Å². The second-order valence-electron chi connectivity index (χ2n) is 3.87. The van der Waals surface area contributed by atoms with Crippen LogP contribution in [0, 0.1) is 18.6 Å². The van der Waals surface area contributed by atoms with E-state index in [2.05, 4.69) is 36.6 Å². The molecule has 1 aromatic heterocycles. The molecule has 3 nitrogen and oxygen atoms in total. The van der Waals surface area contributed by atoms with Gasteiger partial charge >= 0.3 is 0 Å². The van der Waals surface area contributed by atoms with E-state index in [1.165, 1.54) is 6.07 Å². The second-order valence-corrected chi connectivity index (χ2v) is 9.01. The van der Waals surface area contributed by atoms with Crippen LogP contribution in [0.25, 0.3) is 0 Å². The summed E-state index contributed by atoms with van der Waals surface area (Å²) >= 11 is 7.17. The van der Waals surface area contributed by atoms with Crippen LogP contribution in [0.1, 0.15) is 5.56 Å². The summed E-state index contributed by atoms with van der Waals surface area (Å²) in [5.74, 6) is -1.79. The number of halogens is 4. The standard InChI is InChI=1S/C11H7Br2F2NO2S2/c1-5-2-9(19-11(5)13)20(17,18)16-10-7(12)3-6(14)4-8(10)15/h2-4,16H,1H3. The van der Waals surface area contributed by atoms with Gasteiger partial charge in [0.15, 0.2) is 5.82 Å². The monoisotopic (exact) mass is 445 g/mol. The van der Waals surface area contributed by atoms with Crippen molar-refractivity contribution < 1.29 is 17.2 Å². The number of thiophene rings is 1. The van der Waals surface area contributed by atoms with Gasteiger partial charge in [0, 0.05) is 10.5 Å². The first-order valence-corrected chi connectivity index (χ1v) is 9.02. The minimum Gasteiger partial charge on any atom is -0.275 e. The van der Waals surface area contributed by atoms with E-state index < -0.39 is 21.7 Å². The molecule has 9 heteroatoms. The summed E-state index contributed by atoms with van der Waals surface area (Å²) in [6, 6.07) is 3.06. The summed E-state index contributed by atoms with van der Waals surface area (Å²) in [4.78, 5) is 0. The van der Waals surface area contributed by atoms with E-state index in [-0.39, 0.29) is 14.4 Å². The van der Waals surface area contributed by atoms with Gasteiger partial charge in [-0.3, -0.25) is 4.72 Å². The molecule has 0 unspecified atom stereocenters. The lowest BCUT2D eigenvalue weighted by Gasteiger charge is -2.09. The predicted octanol–water partition coefficient (Wildman–Crippen LogP) is 4.66. The molecule has 0 atom stereocenters. The van der Waals surface area contributed by atoms with Gasteiger partial charge in [-0.05, 0) is 56.5 Å². The molecule has 0 aliphatic heterocycles. The third-order valence-electron chi connectivity index (χ3n) is 2.34. The lowest BCUT2D eigenvalue weighted by molar-refractivity contribution is 0.582. The zero-order valence-corrected chi connectivity index (χ0v) is 14.7. The Kier molecular flexibility index (Phi) is 4.53. The van der Waals surface area contributed by atoms with Gasteiger partial charge in [-0.25, -0.2) is 17.2 Å². The topological polar surface area (TPSA) is 46.2 Å². The summed E-state index contributed by atoms with van der Waals surface area (Å²) in [5.41, 5.74) is 0.433. The molecule has 0 saturated heterocycles. The molecule has 108 valence electrons. The van der Waals surface area contributed by atoms with Crippen molar-refractivity contribution in [2.24, 2.45) is 0 Å². The van der Waals surface area contributed by atoms with Crippen molar-refractivity contribution in [2.75, 3.05) is 4.72 Å². The first kappa shape index (κ1) is 15.9. The number of aryl methyl sites for hydroxylation is 1. The number of hydrogen-bond donors (Lipinski definition) is 1. The molecule has 0 aliphatic carbocycles. The van der Waals surface area contributed by atoms with E-state index in [9.17, 15) is 17.2 Å². The number of anilines is 1. The molecule has 0 bridgehead atoms. The molecule has 0 amide bonds. The number of benzene rings is 1. The van der Waals surface area contributed by atoms with Crippen LogP contribution in [0.4, 0.5) is 14.5 Å². The minimum absolute atomic E-state index is 0.00841. The van der Waals surface area contributed by atoms with Crippen LogP contribution in [0.2, 0.25) is 0 Å². The van der Waals surface area contributed by atoms with Crippen molar-refractivity contribution in [2.45, 2.75) is 11.1 Å². The quantitative estimate of drug-likeness (QED) is 0.745. The Labute approximate surface area is 135 Å². The van der Waals surface area contributed by atoms with E-state index in [0.29, 0.717) is 9.85 Å².